The van der Waals surface area contributed by atoms with Crippen molar-refractivity contribution in [3.05, 3.63) is 29.8 Å². The summed E-state index contributed by atoms with van der Waals surface area (Å²) in [7, 11) is 4.50. The Bertz CT molecular complexity index is 246. The molecule has 66 valence electrons. The minimum Gasteiger partial charge on any atom is -0.497 e. The molecule has 0 amide bonds. The number of methoxy groups -OCH3 is 1. The normalized spacial score (nSPS) is 11.3. The van der Waals surface area contributed by atoms with Gasteiger partial charge in [-0.1, -0.05) is 26.0 Å². The van der Waals surface area contributed by atoms with Crippen LogP contribution in [-0.4, -0.2) is 7.11 Å². The van der Waals surface area contributed by atoms with Gasteiger partial charge in [0.2, 0.25) is 0 Å². The Labute approximate surface area is 76.3 Å². The molecule has 1 atom stereocenters. The van der Waals surface area contributed by atoms with Crippen LogP contribution in [0.4, 0.5) is 0 Å². The lowest BCUT2D eigenvalue weighted by Crippen LogP contribution is -2.05. The second-order valence-corrected chi connectivity index (χ2v) is 4.89. The summed E-state index contributed by atoms with van der Waals surface area (Å²) < 4.78 is 5.08. The molecular weight excluding hydrogens is 167 g/mol. The molecule has 0 bridgehead atoms. The maximum absolute atomic E-state index is 5.08. The summed E-state index contributed by atoms with van der Waals surface area (Å²) in [6.45, 7) is 4.33. The van der Waals surface area contributed by atoms with Crippen LogP contribution in [0.15, 0.2) is 24.3 Å². The molecule has 0 N–H and O–H groups in total. The minimum atomic E-state index is 0.145. The minimum absolute atomic E-state index is 0.145. The van der Waals surface area contributed by atoms with E-state index in [2.05, 4.69) is 35.2 Å². The van der Waals surface area contributed by atoms with E-state index in [0.29, 0.717) is 0 Å². The molecule has 0 saturated carbocycles. The van der Waals surface area contributed by atoms with Crippen LogP contribution in [-0.2, 0) is 5.16 Å². The molecular formula is C10H15OP. The molecule has 2 heteroatoms. The summed E-state index contributed by atoms with van der Waals surface area (Å²) in [5, 5.41) is 0.145. The van der Waals surface area contributed by atoms with Gasteiger partial charge < -0.3 is 4.74 Å². The van der Waals surface area contributed by atoms with E-state index in [1.54, 1.807) is 7.11 Å². The van der Waals surface area contributed by atoms with Crippen LogP contribution in [0.1, 0.15) is 19.4 Å². The van der Waals surface area contributed by atoms with Crippen LogP contribution >= 0.6 is 9.24 Å². The van der Waals surface area contributed by atoms with Gasteiger partial charge in [-0.15, -0.1) is 9.24 Å². The quantitative estimate of drug-likeness (QED) is 0.639. The molecule has 0 aliphatic carbocycles. The summed E-state index contributed by atoms with van der Waals surface area (Å²) in [5.41, 5.74) is 1.30. The molecule has 0 aliphatic rings. The van der Waals surface area contributed by atoms with Crippen LogP contribution in [0, 0.1) is 0 Å². The first-order valence-corrected chi connectivity index (χ1v) is 4.55. The Balaban J connectivity index is 2.93. The average molecular weight is 182 g/mol. The van der Waals surface area contributed by atoms with E-state index < -0.39 is 0 Å². The third kappa shape index (κ3) is 2.22. The molecule has 0 aliphatic heterocycles. The van der Waals surface area contributed by atoms with E-state index in [-0.39, 0.29) is 5.16 Å². The van der Waals surface area contributed by atoms with E-state index in [1.807, 2.05) is 12.1 Å². The molecule has 12 heavy (non-hydrogen) atoms. The number of benzene rings is 1. The fraction of sp³-hybridized carbons (Fsp3) is 0.400. The SMILES string of the molecule is COc1ccc(C(C)(C)P)cc1. The fourth-order valence-corrected chi connectivity index (χ4v) is 1.21. The average Bonchev–Trinajstić information content (AvgIpc) is 2.03. The summed E-state index contributed by atoms with van der Waals surface area (Å²) in [6, 6.07) is 8.15. The third-order valence-corrected chi connectivity index (χ3v) is 2.17. The molecule has 1 unspecified atom stereocenters. The zero-order valence-electron chi connectivity index (χ0n) is 7.79. The Hall–Kier alpha value is -0.550. The van der Waals surface area contributed by atoms with Crippen LogP contribution in [0.2, 0.25) is 0 Å². The lowest BCUT2D eigenvalue weighted by molar-refractivity contribution is 0.414. The molecule has 0 heterocycles. The van der Waals surface area contributed by atoms with Crippen molar-refractivity contribution in [3.8, 4) is 5.75 Å². The van der Waals surface area contributed by atoms with E-state index >= 15 is 0 Å². The summed E-state index contributed by atoms with van der Waals surface area (Å²) in [5.74, 6) is 0.910. The standard InChI is InChI=1S/C10H15OP/c1-10(2,12)8-4-6-9(11-3)7-5-8/h4-7H,12H2,1-3H3. The molecule has 1 aromatic carbocycles. The van der Waals surface area contributed by atoms with Crippen LogP contribution in [0.5, 0.6) is 5.75 Å². The van der Waals surface area contributed by atoms with Crippen molar-refractivity contribution in [2.75, 3.05) is 7.11 Å². The van der Waals surface area contributed by atoms with Gasteiger partial charge in [0.05, 0.1) is 7.11 Å². The van der Waals surface area contributed by atoms with Crippen LogP contribution in [0.25, 0.3) is 0 Å². The van der Waals surface area contributed by atoms with Crippen LogP contribution < -0.4 is 4.74 Å². The van der Waals surface area contributed by atoms with Gasteiger partial charge in [-0.05, 0) is 17.7 Å². The topological polar surface area (TPSA) is 9.23 Å². The molecule has 0 fully saturated rings. The second-order valence-electron chi connectivity index (χ2n) is 3.45. The lowest BCUT2D eigenvalue weighted by atomic mass is 10.0. The molecule has 0 spiro atoms. The van der Waals surface area contributed by atoms with Crippen molar-refractivity contribution in [1.82, 2.24) is 0 Å². The van der Waals surface area contributed by atoms with Gasteiger partial charge in [0.25, 0.3) is 0 Å². The summed E-state index contributed by atoms with van der Waals surface area (Å²) >= 11 is 0. The van der Waals surface area contributed by atoms with Gasteiger partial charge in [0, 0.05) is 5.16 Å². The molecule has 0 aromatic heterocycles. The van der Waals surface area contributed by atoms with Gasteiger partial charge >= 0.3 is 0 Å². The molecule has 0 saturated heterocycles. The predicted octanol–water partition coefficient (Wildman–Crippen LogP) is 2.81. The highest BCUT2D eigenvalue weighted by molar-refractivity contribution is 7.18. The van der Waals surface area contributed by atoms with Gasteiger partial charge in [0.15, 0.2) is 0 Å². The number of ether oxygens (including phenoxy) is 1. The smallest absolute Gasteiger partial charge is 0.118 e. The van der Waals surface area contributed by atoms with Gasteiger partial charge in [0.1, 0.15) is 5.75 Å². The van der Waals surface area contributed by atoms with Crippen molar-refractivity contribution in [3.63, 3.8) is 0 Å². The first kappa shape index (κ1) is 9.54. The highest BCUT2D eigenvalue weighted by Crippen LogP contribution is 2.30. The largest absolute Gasteiger partial charge is 0.497 e. The predicted molar refractivity (Wildman–Crippen MR) is 55.7 cm³/mol. The first-order valence-electron chi connectivity index (χ1n) is 3.97. The van der Waals surface area contributed by atoms with E-state index in [0.717, 1.165) is 5.75 Å². The van der Waals surface area contributed by atoms with Crippen molar-refractivity contribution in [2.24, 2.45) is 0 Å². The first-order chi connectivity index (χ1) is 5.54. The third-order valence-electron chi connectivity index (χ3n) is 1.83. The zero-order valence-corrected chi connectivity index (χ0v) is 8.95. The lowest BCUT2D eigenvalue weighted by Gasteiger charge is -2.18. The maximum atomic E-state index is 5.08. The maximum Gasteiger partial charge on any atom is 0.118 e. The van der Waals surface area contributed by atoms with Gasteiger partial charge in [-0.25, -0.2) is 0 Å². The van der Waals surface area contributed by atoms with Crippen molar-refractivity contribution < 1.29 is 4.74 Å². The monoisotopic (exact) mass is 182 g/mol. The second kappa shape index (κ2) is 3.45. The summed E-state index contributed by atoms with van der Waals surface area (Å²) in [6.07, 6.45) is 0. The van der Waals surface area contributed by atoms with Gasteiger partial charge in [-0.2, -0.15) is 0 Å². The molecule has 0 radical (unpaired) electrons. The number of rotatable bonds is 2. The highest BCUT2D eigenvalue weighted by atomic mass is 31.0. The Morgan fingerprint density at radius 1 is 1.17 bits per heavy atom. The molecule has 1 aromatic rings. The Morgan fingerprint density at radius 2 is 1.67 bits per heavy atom. The number of hydrogen-bond acceptors (Lipinski definition) is 1. The molecule has 1 nitrogen and oxygen atoms in total. The van der Waals surface area contributed by atoms with E-state index in [4.69, 9.17) is 4.74 Å². The highest BCUT2D eigenvalue weighted by Gasteiger charge is 2.12. The van der Waals surface area contributed by atoms with Crippen molar-refractivity contribution in [1.29, 1.82) is 0 Å². The summed E-state index contributed by atoms with van der Waals surface area (Å²) in [4.78, 5) is 0. The Kier molecular flexibility index (Phi) is 2.74. The number of hydrogen-bond donors (Lipinski definition) is 0. The van der Waals surface area contributed by atoms with Gasteiger partial charge in [-0.3, -0.25) is 0 Å². The molecule has 1 rings (SSSR count). The fourth-order valence-electron chi connectivity index (χ4n) is 1.02. The van der Waals surface area contributed by atoms with Crippen molar-refractivity contribution >= 4 is 9.24 Å². The zero-order chi connectivity index (χ0) is 9.19. The Morgan fingerprint density at radius 3 is 2.00 bits per heavy atom. The van der Waals surface area contributed by atoms with E-state index in [1.165, 1.54) is 5.56 Å². The van der Waals surface area contributed by atoms with Crippen molar-refractivity contribution in [2.45, 2.75) is 19.0 Å². The van der Waals surface area contributed by atoms with E-state index in [9.17, 15) is 0 Å². The van der Waals surface area contributed by atoms with Crippen LogP contribution in [0.3, 0.4) is 0 Å².